The number of carbonyl (C=O) groups excluding carboxylic acids is 1. The number of carbonyl (C=O) groups is 2. The number of nitrogens with one attached hydrogen (secondary N) is 1. The van der Waals surface area contributed by atoms with Gasteiger partial charge in [-0.25, -0.2) is 8.98 Å². The summed E-state index contributed by atoms with van der Waals surface area (Å²) in [5, 5.41) is 51.8. The Morgan fingerprint density at radius 1 is 1.06 bits per heavy atom. The molecule has 7 N–H and O–H groups in total. The van der Waals surface area contributed by atoms with Crippen LogP contribution in [-0.4, -0.2) is 125 Å². The van der Waals surface area contributed by atoms with Gasteiger partial charge in [-0.15, -0.1) is 0 Å². The number of aliphatic hydroxyl groups is 4. The first-order chi connectivity index (χ1) is 14.8. The van der Waals surface area contributed by atoms with E-state index in [4.69, 9.17) is 23.5 Å². The van der Waals surface area contributed by atoms with Gasteiger partial charge in [-0.3, -0.25) is 9.35 Å². The molecule has 10 atom stereocenters. The van der Waals surface area contributed by atoms with Crippen LogP contribution < -0.4 is 5.32 Å². The Hall–Kier alpha value is -1.51. The minimum absolute atomic E-state index is 0.757. The average molecular weight is 491 g/mol. The van der Waals surface area contributed by atoms with Crippen LogP contribution >= 0.6 is 0 Å². The fourth-order valence-electron chi connectivity index (χ4n) is 3.44. The molecule has 0 aromatic carbocycles. The molecule has 0 unspecified atom stereocenters. The minimum Gasteiger partial charge on any atom is -0.479 e. The van der Waals surface area contributed by atoms with Gasteiger partial charge in [0.1, 0.15) is 42.7 Å². The smallest absolute Gasteiger partial charge is 0.397 e. The first kappa shape index (κ1) is 26.7. The Morgan fingerprint density at radius 3 is 2.16 bits per heavy atom. The Labute approximate surface area is 181 Å². The second-order valence-electron chi connectivity index (χ2n) is 7.01. The average Bonchev–Trinajstić information content (AvgIpc) is 2.68. The summed E-state index contributed by atoms with van der Waals surface area (Å²) in [7, 11) is -4.14. The van der Waals surface area contributed by atoms with Crippen molar-refractivity contribution in [1.29, 1.82) is 0 Å². The Bertz CT molecular complexity index is 777. The lowest BCUT2D eigenvalue weighted by atomic mass is 9.95. The van der Waals surface area contributed by atoms with E-state index in [2.05, 4.69) is 9.50 Å². The summed E-state index contributed by atoms with van der Waals surface area (Å²) in [6, 6.07) is -1.61. The van der Waals surface area contributed by atoms with Gasteiger partial charge < -0.3 is 49.8 Å². The molecule has 2 aliphatic rings. The number of methoxy groups -OCH3 is 1. The summed E-state index contributed by atoms with van der Waals surface area (Å²) in [6.07, 6.45) is -16.4. The third kappa shape index (κ3) is 6.08. The molecule has 17 heteroatoms. The predicted octanol–water partition coefficient (Wildman–Crippen LogP) is -4.68. The topological polar surface area (TPSA) is 248 Å². The molecule has 0 radical (unpaired) electrons. The number of hydrogen-bond donors (Lipinski definition) is 7. The van der Waals surface area contributed by atoms with E-state index < -0.39 is 90.2 Å². The summed E-state index contributed by atoms with van der Waals surface area (Å²) in [4.78, 5) is 23.1. The second kappa shape index (κ2) is 10.6. The molecule has 16 nitrogen and oxygen atoms in total. The van der Waals surface area contributed by atoms with Crippen molar-refractivity contribution < 1.29 is 71.2 Å². The van der Waals surface area contributed by atoms with Crippen LogP contribution in [0.3, 0.4) is 0 Å². The molecule has 2 aliphatic heterocycles. The fraction of sp³-hybridized carbons (Fsp3) is 0.867. The number of carboxylic acids is 1. The lowest BCUT2D eigenvalue weighted by Gasteiger charge is -2.47. The first-order valence-electron chi connectivity index (χ1n) is 9.10. The van der Waals surface area contributed by atoms with E-state index >= 15 is 0 Å². The van der Waals surface area contributed by atoms with Crippen molar-refractivity contribution in [1.82, 2.24) is 5.32 Å². The highest BCUT2D eigenvalue weighted by molar-refractivity contribution is 7.80. The van der Waals surface area contributed by atoms with Crippen LogP contribution in [0, 0.1) is 0 Å². The van der Waals surface area contributed by atoms with E-state index in [1.807, 2.05) is 0 Å². The van der Waals surface area contributed by atoms with Gasteiger partial charge >= 0.3 is 16.4 Å². The highest BCUT2D eigenvalue weighted by Gasteiger charge is 2.54. The van der Waals surface area contributed by atoms with Crippen molar-refractivity contribution in [2.45, 2.75) is 68.3 Å². The van der Waals surface area contributed by atoms with Gasteiger partial charge in [0, 0.05) is 14.0 Å². The Balaban J connectivity index is 2.43. The van der Waals surface area contributed by atoms with Gasteiger partial charge in [-0.05, 0) is 0 Å². The molecular weight excluding hydrogens is 466 g/mol. The highest BCUT2D eigenvalue weighted by atomic mass is 32.3. The maximum atomic E-state index is 11.6. The zero-order valence-corrected chi connectivity index (χ0v) is 17.6. The van der Waals surface area contributed by atoms with E-state index in [1.165, 1.54) is 0 Å². The lowest BCUT2D eigenvalue weighted by molar-refractivity contribution is -0.336. The Kier molecular flexibility index (Phi) is 8.87. The molecule has 0 spiro atoms. The van der Waals surface area contributed by atoms with Gasteiger partial charge in [0.05, 0.1) is 6.61 Å². The van der Waals surface area contributed by atoms with Crippen LogP contribution in [0.5, 0.6) is 0 Å². The van der Waals surface area contributed by atoms with Crippen molar-refractivity contribution in [3.63, 3.8) is 0 Å². The summed E-state index contributed by atoms with van der Waals surface area (Å²) < 4.78 is 56.7. The van der Waals surface area contributed by atoms with E-state index in [0.29, 0.717) is 0 Å². The van der Waals surface area contributed by atoms with Crippen LogP contribution in [0.1, 0.15) is 6.92 Å². The van der Waals surface area contributed by atoms with Crippen molar-refractivity contribution in [3.8, 4) is 0 Å². The molecule has 32 heavy (non-hydrogen) atoms. The largest absolute Gasteiger partial charge is 0.479 e. The Morgan fingerprint density at radius 2 is 1.69 bits per heavy atom. The van der Waals surface area contributed by atoms with Gasteiger partial charge in [0.25, 0.3) is 0 Å². The van der Waals surface area contributed by atoms with E-state index in [0.717, 1.165) is 14.0 Å². The summed E-state index contributed by atoms with van der Waals surface area (Å²) in [6.45, 7) is 0.0734. The van der Waals surface area contributed by atoms with Crippen LogP contribution in [0.15, 0.2) is 0 Å². The fourth-order valence-corrected chi connectivity index (χ4v) is 3.95. The van der Waals surface area contributed by atoms with Crippen LogP contribution in [0.2, 0.25) is 0 Å². The standard InChI is InChI=1S/C15H25NO15S/c1-4(18)16-6-10(9(31-32(24,25)26)5(3-17)28-14(6)23)29-15-8(20)7(19)11(27-2)12(30-15)13(21)22/h5-12,14-15,17,19-20,23H,3H2,1-2H3,(H,16,18)(H,21,22)(H,24,25,26)/t5-,6-,7-,8-,9+,10-,11+,12-,14-,15-/m1/s1. The first-order valence-corrected chi connectivity index (χ1v) is 10.5. The van der Waals surface area contributed by atoms with Crippen LogP contribution in [0.4, 0.5) is 0 Å². The van der Waals surface area contributed by atoms with Gasteiger partial charge in [0.15, 0.2) is 18.7 Å². The summed E-state index contributed by atoms with van der Waals surface area (Å²) >= 11 is 0. The predicted molar refractivity (Wildman–Crippen MR) is 96.0 cm³/mol. The monoisotopic (exact) mass is 491 g/mol. The van der Waals surface area contributed by atoms with E-state index in [9.17, 15) is 43.5 Å². The molecule has 2 saturated heterocycles. The third-order valence-electron chi connectivity index (χ3n) is 4.80. The summed E-state index contributed by atoms with van der Waals surface area (Å²) in [5.74, 6) is -2.35. The van der Waals surface area contributed by atoms with E-state index in [1.54, 1.807) is 0 Å². The molecule has 2 heterocycles. The van der Waals surface area contributed by atoms with Gasteiger partial charge in [-0.2, -0.15) is 8.42 Å². The number of rotatable bonds is 8. The second-order valence-corrected chi connectivity index (χ2v) is 8.06. The maximum Gasteiger partial charge on any atom is 0.397 e. The number of carboxylic acid groups (broad SMARTS) is 1. The number of aliphatic carboxylic acids is 1. The van der Waals surface area contributed by atoms with Crippen molar-refractivity contribution in [2.75, 3.05) is 13.7 Å². The SMILES string of the molecule is CO[C@H]1[C@H](O)[C@@H](O)[C@H](O[C@@H]2[C@@H](NC(C)=O)[C@H](O)O[C@H](CO)[C@@H]2OS(=O)(=O)O)O[C@H]1C(=O)O. The molecular formula is C15H25NO15S. The van der Waals surface area contributed by atoms with E-state index in [-0.39, 0.29) is 0 Å². The number of ether oxygens (including phenoxy) is 4. The minimum atomic E-state index is -5.20. The lowest BCUT2D eigenvalue weighted by Crippen LogP contribution is -2.68. The molecule has 0 bridgehead atoms. The summed E-state index contributed by atoms with van der Waals surface area (Å²) in [5.41, 5.74) is 0. The molecule has 2 fully saturated rings. The third-order valence-corrected chi connectivity index (χ3v) is 5.26. The van der Waals surface area contributed by atoms with Crippen molar-refractivity contribution in [2.24, 2.45) is 0 Å². The molecule has 2 rings (SSSR count). The number of hydrogen-bond acceptors (Lipinski definition) is 13. The molecule has 1 amide bonds. The zero-order chi connectivity index (χ0) is 24.4. The zero-order valence-electron chi connectivity index (χ0n) is 16.7. The van der Waals surface area contributed by atoms with Gasteiger partial charge in [-0.1, -0.05) is 0 Å². The van der Waals surface area contributed by atoms with Crippen LogP contribution in [0.25, 0.3) is 0 Å². The molecule has 0 aromatic heterocycles. The molecule has 0 aromatic rings. The van der Waals surface area contributed by atoms with Gasteiger partial charge in [0.2, 0.25) is 5.91 Å². The maximum absolute atomic E-state index is 11.6. The quantitative estimate of drug-likeness (QED) is 0.158. The normalized spacial score (nSPS) is 40.6. The molecule has 186 valence electrons. The van der Waals surface area contributed by atoms with Crippen molar-refractivity contribution >= 4 is 22.3 Å². The number of amides is 1. The van der Waals surface area contributed by atoms with Crippen molar-refractivity contribution in [3.05, 3.63) is 0 Å². The number of aliphatic hydroxyl groups excluding tert-OH is 4. The van der Waals surface area contributed by atoms with Crippen LogP contribution in [-0.2, 0) is 43.1 Å². The highest BCUT2D eigenvalue weighted by Crippen LogP contribution is 2.31. The molecule has 0 saturated carbocycles. The molecule has 0 aliphatic carbocycles.